The number of rotatable bonds is 4. The minimum Gasteiger partial charge on any atom is -0.478 e. The smallest absolute Gasteiger partial charge is 0.337 e. The van der Waals surface area contributed by atoms with E-state index in [1.807, 2.05) is 12.3 Å². The summed E-state index contributed by atoms with van der Waals surface area (Å²) in [6.07, 6.45) is 0.597. The molecule has 7 heteroatoms. The van der Waals surface area contributed by atoms with E-state index < -0.39 is 5.97 Å². The third-order valence-electron chi connectivity index (χ3n) is 3.24. The highest BCUT2D eigenvalue weighted by Gasteiger charge is 2.15. The second-order valence-electron chi connectivity index (χ2n) is 4.72. The van der Waals surface area contributed by atoms with E-state index >= 15 is 0 Å². The van der Waals surface area contributed by atoms with Gasteiger partial charge < -0.3 is 10.1 Å². The van der Waals surface area contributed by atoms with E-state index in [1.54, 1.807) is 23.5 Å². The summed E-state index contributed by atoms with van der Waals surface area (Å²) in [6, 6.07) is 4.82. The number of para-hydroxylation sites is 1. The fourth-order valence-electron chi connectivity index (χ4n) is 2.33. The Bertz CT molecular complexity index is 875. The Kier molecular flexibility index (Phi) is 3.34. The molecule has 0 saturated heterocycles. The number of nitrogens with one attached hydrogen (secondary N) is 1. The molecule has 0 aliphatic rings. The summed E-state index contributed by atoms with van der Waals surface area (Å²) in [6.45, 7) is 2.32. The van der Waals surface area contributed by atoms with Crippen molar-refractivity contribution in [1.82, 2.24) is 14.5 Å². The number of aromatic carboxylic acids is 1. The molecule has 108 valence electrons. The second kappa shape index (κ2) is 5.17. The number of aryl methyl sites for hydroxylation is 3. The Morgan fingerprint density at radius 1 is 1.48 bits per heavy atom. The molecule has 0 spiro atoms. The molecule has 0 amide bonds. The Morgan fingerprint density at radius 2 is 2.29 bits per heavy atom. The number of thiazole rings is 1. The van der Waals surface area contributed by atoms with E-state index in [-0.39, 0.29) is 11.3 Å². The molecule has 0 saturated carbocycles. The number of benzene rings is 1. The first-order valence-corrected chi connectivity index (χ1v) is 7.30. The van der Waals surface area contributed by atoms with Gasteiger partial charge >= 0.3 is 11.7 Å². The monoisotopic (exact) mass is 303 g/mol. The van der Waals surface area contributed by atoms with E-state index in [9.17, 15) is 14.7 Å². The maximum Gasteiger partial charge on any atom is 0.337 e. The van der Waals surface area contributed by atoms with E-state index in [1.165, 1.54) is 10.6 Å². The standard InChI is InChI=1S/C14H13N3O3S/c1-8-7-21-11(15-8)5-6-17-12-9(13(18)19)3-2-4-10(12)16-14(17)20/h2-4,7H,5-6H2,1H3,(H,16,20)(H,18,19). The van der Waals surface area contributed by atoms with Crippen LogP contribution in [0, 0.1) is 6.92 Å². The van der Waals surface area contributed by atoms with Gasteiger partial charge in [-0.2, -0.15) is 0 Å². The predicted molar refractivity (Wildman–Crippen MR) is 80.1 cm³/mol. The molecular weight excluding hydrogens is 290 g/mol. The van der Waals surface area contributed by atoms with Gasteiger partial charge in [0.1, 0.15) is 0 Å². The summed E-state index contributed by atoms with van der Waals surface area (Å²) in [7, 11) is 0. The highest BCUT2D eigenvalue weighted by molar-refractivity contribution is 7.09. The van der Waals surface area contributed by atoms with Gasteiger partial charge in [0, 0.05) is 24.0 Å². The number of carbonyl (C=O) groups is 1. The molecule has 2 aromatic heterocycles. The van der Waals surface area contributed by atoms with E-state index in [0.29, 0.717) is 24.0 Å². The minimum absolute atomic E-state index is 0.126. The lowest BCUT2D eigenvalue weighted by atomic mass is 10.2. The third kappa shape index (κ3) is 2.47. The summed E-state index contributed by atoms with van der Waals surface area (Å²) >= 11 is 1.54. The number of aromatic amines is 1. The zero-order valence-electron chi connectivity index (χ0n) is 11.3. The summed E-state index contributed by atoms with van der Waals surface area (Å²) < 4.78 is 1.47. The topological polar surface area (TPSA) is 88.0 Å². The summed E-state index contributed by atoms with van der Waals surface area (Å²) in [5.74, 6) is -1.04. The molecule has 0 bridgehead atoms. The van der Waals surface area contributed by atoms with Gasteiger partial charge in [0.2, 0.25) is 0 Å². The molecule has 2 N–H and O–H groups in total. The van der Waals surface area contributed by atoms with Crippen LogP contribution >= 0.6 is 11.3 Å². The van der Waals surface area contributed by atoms with Crippen LogP contribution in [-0.4, -0.2) is 25.6 Å². The van der Waals surface area contributed by atoms with Crippen LogP contribution in [0.5, 0.6) is 0 Å². The zero-order valence-corrected chi connectivity index (χ0v) is 12.1. The van der Waals surface area contributed by atoms with E-state index in [0.717, 1.165) is 10.7 Å². The van der Waals surface area contributed by atoms with Crippen LogP contribution in [0.3, 0.4) is 0 Å². The average molecular weight is 303 g/mol. The van der Waals surface area contributed by atoms with Gasteiger partial charge in [-0.1, -0.05) is 6.07 Å². The zero-order chi connectivity index (χ0) is 15.0. The molecule has 3 rings (SSSR count). The molecule has 1 aromatic carbocycles. The summed E-state index contributed by atoms with van der Waals surface area (Å²) in [4.78, 5) is 30.4. The molecule has 3 aromatic rings. The largest absolute Gasteiger partial charge is 0.478 e. The maximum atomic E-state index is 12.0. The fraction of sp³-hybridized carbons (Fsp3) is 0.214. The molecule has 2 heterocycles. The van der Waals surface area contributed by atoms with Crippen molar-refractivity contribution < 1.29 is 9.90 Å². The number of nitrogens with zero attached hydrogens (tertiary/aromatic N) is 2. The summed E-state index contributed by atoms with van der Waals surface area (Å²) in [5.41, 5.74) is 1.75. The van der Waals surface area contributed by atoms with Crippen LogP contribution in [-0.2, 0) is 13.0 Å². The van der Waals surface area contributed by atoms with E-state index in [2.05, 4.69) is 9.97 Å². The fourth-order valence-corrected chi connectivity index (χ4v) is 3.10. The number of carboxylic acid groups (broad SMARTS) is 1. The molecule has 0 unspecified atom stereocenters. The van der Waals surface area contributed by atoms with E-state index in [4.69, 9.17) is 0 Å². The van der Waals surface area contributed by atoms with Crippen molar-refractivity contribution >= 4 is 28.3 Å². The normalized spacial score (nSPS) is 11.1. The van der Waals surface area contributed by atoms with Gasteiger partial charge in [-0.15, -0.1) is 11.3 Å². The van der Waals surface area contributed by atoms with Gasteiger partial charge in [0.15, 0.2) is 0 Å². The predicted octanol–water partition coefficient (Wildman–Crippen LogP) is 2.04. The number of carboxylic acids is 1. The lowest BCUT2D eigenvalue weighted by Gasteiger charge is -2.04. The number of imidazole rings is 1. The van der Waals surface area contributed by atoms with Gasteiger partial charge in [-0.05, 0) is 19.1 Å². The number of H-pyrrole nitrogens is 1. The molecule has 0 aliphatic heterocycles. The molecule has 0 atom stereocenters. The minimum atomic E-state index is -1.04. The Hall–Kier alpha value is -2.41. The van der Waals surface area contributed by atoms with Crippen LogP contribution in [0.4, 0.5) is 0 Å². The van der Waals surface area contributed by atoms with Crippen LogP contribution < -0.4 is 5.69 Å². The maximum absolute atomic E-state index is 12.0. The lowest BCUT2D eigenvalue weighted by molar-refractivity contribution is 0.0698. The Balaban J connectivity index is 2.03. The summed E-state index contributed by atoms with van der Waals surface area (Å²) in [5, 5.41) is 12.2. The van der Waals surface area contributed by atoms with Crippen molar-refractivity contribution in [3.05, 3.63) is 50.3 Å². The third-order valence-corrected chi connectivity index (χ3v) is 4.27. The Labute approximate surface area is 123 Å². The van der Waals surface area contributed by atoms with Gasteiger partial charge in [0.05, 0.1) is 21.6 Å². The van der Waals surface area contributed by atoms with Crippen molar-refractivity contribution in [1.29, 1.82) is 0 Å². The quantitative estimate of drug-likeness (QED) is 0.772. The van der Waals surface area contributed by atoms with Crippen molar-refractivity contribution in [2.75, 3.05) is 0 Å². The van der Waals surface area contributed by atoms with Crippen LogP contribution in [0.1, 0.15) is 21.1 Å². The van der Waals surface area contributed by atoms with Crippen molar-refractivity contribution in [2.45, 2.75) is 19.9 Å². The molecular formula is C14H13N3O3S. The first-order valence-electron chi connectivity index (χ1n) is 6.42. The SMILES string of the molecule is Cc1csc(CCn2c(=O)[nH]c3cccc(C(=O)O)c32)n1. The number of fused-ring (bicyclic) bond motifs is 1. The first kappa shape index (κ1) is 13.6. The van der Waals surface area contributed by atoms with Crippen LogP contribution in [0.25, 0.3) is 11.0 Å². The van der Waals surface area contributed by atoms with Crippen molar-refractivity contribution in [2.24, 2.45) is 0 Å². The Morgan fingerprint density at radius 3 is 2.95 bits per heavy atom. The molecule has 0 aliphatic carbocycles. The van der Waals surface area contributed by atoms with Gasteiger partial charge in [-0.25, -0.2) is 14.6 Å². The van der Waals surface area contributed by atoms with Gasteiger partial charge in [0.25, 0.3) is 0 Å². The molecule has 0 radical (unpaired) electrons. The van der Waals surface area contributed by atoms with Crippen molar-refractivity contribution in [3.63, 3.8) is 0 Å². The highest BCUT2D eigenvalue weighted by atomic mass is 32.1. The number of hydrogen-bond acceptors (Lipinski definition) is 4. The molecule has 0 fully saturated rings. The number of hydrogen-bond donors (Lipinski definition) is 2. The lowest BCUT2D eigenvalue weighted by Crippen LogP contribution is -2.19. The van der Waals surface area contributed by atoms with Crippen molar-refractivity contribution in [3.8, 4) is 0 Å². The highest BCUT2D eigenvalue weighted by Crippen LogP contribution is 2.17. The molecule has 21 heavy (non-hydrogen) atoms. The van der Waals surface area contributed by atoms with Gasteiger partial charge in [-0.3, -0.25) is 4.57 Å². The first-order chi connectivity index (χ1) is 10.1. The number of aromatic nitrogens is 3. The van der Waals surface area contributed by atoms with Crippen LogP contribution in [0.15, 0.2) is 28.4 Å². The second-order valence-corrected chi connectivity index (χ2v) is 5.66. The average Bonchev–Trinajstić information content (AvgIpc) is 2.98. The van der Waals surface area contributed by atoms with Crippen LogP contribution in [0.2, 0.25) is 0 Å². The molecule has 6 nitrogen and oxygen atoms in total.